The molecule has 1 aromatic carbocycles. The van der Waals surface area contributed by atoms with E-state index >= 15 is 0 Å². The van der Waals surface area contributed by atoms with Crippen LogP contribution in [0.3, 0.4) is 0 Å². The van der Waals surface area contributed by atoms with Crippen LogP contribution < -0.4 is 11.1 Å². The Morgan fingerprint density at radius 2 is 2.08 bits per heavy atom. The Hall–Kier alpha value is -3.19. The molecule has 3 heterocycles. The van der Waals surface area contributed by atoms with E-state index in [4.69, 9.17) is 17.3 Å². The van der Waals surface area contributed by atoms with Crippen molar-refractivity contribution in [1.29, 1.82) is 0 Å². The predicted octanol–water partition coefficient (Wildman–Crippen LogP) is 2.77. The SMILES string of the molecule is CC1=C(C(N)=O)[C@@H](c2cccnc2)n2nc(-c3ccccc3Cl)nc2N1. The Bertz CT molecular complexity index is 1030. The molecule has 0 spiro atoms. The van der Waals surface area contributed by atoms with Crippen LogP contribution in [0.1, 0.15) is 18.5 Å². The Morgan fingerprint density at radius 3 is 2.77 bits per heavy atom. The molecule has 0 radical (unpaired) electrons. The first-order chi connectivity index (χ1) is 12.6. The van der Waals surface area contributed by atoms with Gasteiger partial charge in [0.05, 0.1) is 10.6 Å². The van der Waals surface area contributed by atoms with Crippen molar-refractivity contribution in [2.45, 2.75) is 13.0 Å². The summed E-state index contributed by atoms with van der Waals surface area (Å²) in [6.07, 6.45) is 3.36. The highest BCUT2D eigenvalue weighted by Gasteiger charge is 2.33. The molecular weight excluding hydrogens is 352 g/mol. The summed E-state index contributed by atoms with van der Waals surface area (Å²) < 4.78 is 1.64. The van der Waals surface area contributed by atoms with Gasteiger partial charge in [0.2, 0.25) is 11.9 Å². The second kappa shape index (κ2) is 6.27. The molecule has 3 aromatic rings. The van der Waals surface area contributed by atoms with Crippen LogP contribution in [0.5, 0.6) is 0 Å². The Kier molecular flexibility index (Phi) is 3.93. The molecule has 0 saturated heterocycles. The quantitative estimate of drug-likeness (QED) is 0.742. The van der Waals surface area contributed by atoms with E-state index in [1.165, 1.54) is 0 Å². The van der Waals surface area contributed by atoms with Gasteiger partial charge in [-0.05, 0) is 30.7 Å². The van der Waals surface area contributed by atoms with Crippen molar-refractivity contribution in [2.75, 3.05) is 5.32 Å². The molecule has 0 bridgehead atoms. The van der Waals surface area contributed by atoms with E-state index in [9.17, 15) is 4.79 Å². The summed E-state index contributed by atoms with van der Waals surface area (Å²) in [6, 6.07) is 10.5. The molecule has 8 heteroatoms. The average Bonchev–Trinajstić information content (AvgIpc) is 3.04. The Balaban J connectivity index is 1.90. The van der Waals surface area contributed by atoms with Gasteiger partial charge < -0.3 is 11.1 Å². The summed E-state index contributed by atoms with van der Waals surface area (Å²) in [4.78, 5) is 20.8. The molecule has 1 atom stereocenters. The number of allylic oxidation sites excluding steroid dienone is 1. The molecule has 1 amide bonds. The van der Waals surface area contributed by atoms with Crippen molar-refractivity contribution in [3.8, 4) is 11.4 Å². The number of carbonyl (C=O) groups excluding carboxylic acids is 1. The number of nitrogens with two attached hydrogens (primary N) is 1. The number of nitrogens with one attached hydrogen (secondary N) is 1. The third-order valence-electron chi connectivity index (χ3n) is 4.23. The maximum atomic E-state index is 12.1. The molecule has 1 aliphatic rings. The van der Waals surface area contributed by atoms with E-state index < -0.39 is 11.9 Å². The normalized spacial score (nSPS) is 16.2. The standard InChI is InChI=1S/C18H15ClN6O/c1-10-14(16(20)26)15(11-5-4-8-21-9-11)25-18(22-10)23-17(24-25)12-6-2-3-7-13(12)19/h2-9,15H,1H3,(H2,20,26)(H,22,23,24)/t15-/m1/s1. The fourth-order valence-corrected chi connectivity index (χ4v) is 3.29. The van der Waals surface area contributed by atoms with Gasteiger partial charge in [0.15, 0.2) is 5.82 Å². The molecule has 3 N–H and O–H groups in total. The second-order valence-corrected chi connectivity index (χ2v) is 6.31. The number of anilines is 1. The number of amides is 1. The zero-order valence-electron chi connectivity index (χ0n) is 13.8. The lowest BCUT2D eigenvalue weighted by Gasteiger charge is -2.27. The number of nitrogens with zero attached hydrogens (tertiary/aromatic N) is 4. The molecule has 0 fully saturated rings. The molecule has 2 aromatic heterocycles. The first-order valence-electron chi connectivity index (χ1n) is 7.95. The second-order valence-electron chi connectivity index (χ2n) is 5.90. The van der Waals surface area contributed by atoms with E-state index in [-0.39, 0.29) is 0 Å². The first kappa shape index (κ1) is 16.3. The summed E-state index contributed by atoms with van der Waals surface area (Å²) in [6.45, 7) is 1.79. The van der Waals surface area contributed by atoms with Gasteiger partial charge in [-0.2, -0.15) is 4.98 Å². The van der Waals surface area contributed by atoms with Crippen molar-refractivity contribution < 1.29 is 4.79 Å². The molecular formula is C18H15ClN6O. The van der Waals surface area contributed by atoms with Gasteiger partial charge in [-0.1, -0.05) is 29.8 Å². The Labute approximate surface area is 154 Å². The zero-order chi connectivity index (χ0) is 18.3. The number of primary amides is 1. The van der Waals surface area contributed by atoms with Crippen molar-refractivity contribution in [3.63, 3.8) is 0 Å². The van der Waals surface area contributed by atoms with Crippen LogP contribution in [0.4, 0.5) is 5.95 Å². The minimum absolute atomic E-state index is 0.418. The van der Waals surface area contributed by atoms with Gasteiger partial charge >= 0.3 is 0 Å². The van der Waals surface area contributed by atoms with Crippen LogP contribution in [-0.2, 0) is 4.79 Å². The summed E-state index contributed by atoms with van der Waals surface area (Å²) in [7, 11) is 0. The van der Waals surface area contributed by atoms with Crippen LogP contribution in [0.15, 0.2) is 60.1 Å². The smallest absolute Gasteiger partial charge is 0.248 e. The van der Waals surface area contributed by atoms with Gasteiger partial charge in [-0.15, -0.1) is 5.10 Å². The topological polar surface area (TPSA) is 98.7 Å². The number of benzene rings is 1. The minimum Gasteiger partial charge on any atom is -0.366 e. The number of fused-ring (bicyclic) bond motifs is 1. The molecule has 0 aliphatic carbocycles. The minimum atomic E-state index is -0.524. The maximum Gasteiger partial charge on any atom is 0.248 e. The number of rotatable bonds is 3. The lowest BCUT2D eigenvalue weighted by molar-refractivity contribution is -0.115. The van der Waals surface area contributed by atoms with Gasteiger partial charge in [0.25, 0.3) is 0 Å². The lowest BCUT2D eigenvalue weighted by Crippen LogP contribution is -2.31. The number of hydrogen-bond acceptors (Lipinski definition) is 5. The number of carbonyl (C=O) groups is 1. The fourth-order valence-electron chi connectivity index (χ4n) is 3.07. The Morgan fingerprint density at radius 1 is 1.27 bits per heavy atom. The van der Waals surface area contributed by atoms with Crippen molar-refractivity contribution in [3.05, 3.63) is 70.6 Å². The van der Waals surface area contributed by atoms with Crippen LogP contribution in [0.2, 0.25) is 5.02 Å². The molecule has 0 unspecified atom stereocenters. The summed E-state index contributed by atoms with van der Waals surface area (Å²) in [5.74, 6) is 0.450. The van der Waals surface area contributed by atoms with E-state index in [0.29, 0.717) is 33.6 Å². The predicted molar refractivity (Wildman–Crippen MR) is 98.4 cm³/mol. The van der Waals surface area contributed by atoms with Crippen LogP contribution in [0.25, 0.3) is 11.4 Å². The maximum absolute atomic E-state index is 12.1. The van der Waals surface area contributed by atoms with Crippen LogP contribution >= 0.6 is 11.6 Å². The van der Waals surface area contributed by atoms with E-state index in [2.05, 4.69) is 20.4 Å². The molecule has 1 aliphatic heterocycles. The van der Waals surface area contributed by atoms with Gasteiger partial charge in [0.1, 0.15) is 6.04 Å². The first-order valence-corrected chi connectivity index (χ1v) is 8.33. The highest BCUT2D eigenvalue weighted by Crippen LogP contribution is 2.36. The van der Waals surface area contributed by atoms with E-state index in [0.717, 1.165) is 5.56 Å². The van der Waals surface area contributed by atoms with Gasteiger partial charge in [0, 0.05) is 23.7 Å². The fraction of sp³-hybridized carbons (Fsp3) is 0.111. The molecule has 7 nitrogen and oxygen atoms in total. The largest absolute Gasteiger partial charge is 0.366 e. The summed E-state index contributed by atoms with van der Waals surface area (Å²) in [5.41, 5.74) is 8.20. The van der Waals surface area contributed by atoms with Gasteiger partial charge in [-0.25, -0.2) is 4.68 Å². The van der Waals surface area contributed by atoms with Crippen molar-refractivity contribution in [1.82, 2.24) is 19.7 Å². The average molecular weight is 367 g/mol. The van der Waals surface area contributed by atoms with Crippen LogP contribution in [-0.4, -0.2) is 25.7 Å². The molecule has 0 saturated carbocycles. The van der Waals surface area contributed by atoms with Crippen molar-refractivity contribution in [2.24, 2.45) is 5.73 Å². The number of hydrogen-bond donors (Lipinski definition) is 2. The van der Waals surface area contributed by atoms with Crippen molar-refractivity contribution >= 4 is 23.5 Å². The lowest BCUT2D eigenvalue weighted by atomic mass is 9.97. The third kappa shape index (κ3) is 2.62. The summed E-state index contributed by atoms with van der Waals surface area (Å²) in [5, 5.41) is 8.25. The van der Waals surface area contributed by atoms with E-state index in [1.54, 1.807) is 36.1 Å². The molecule has 130 valence electrons. The number of aromatic nitrogens is 4. The molecule has 4 rings (SSSR count). The van der Waals surface area contributed by atoms with E-state index in [1.807, 2.05) is 24.3 Å². The monoisotopic (exact) mass is 366 g/mol. The summed E-state index contributed by atoms with van der Waals surface area (Å²) >= 11 is 6.28. The number of halogens is 1. The highest BCUT2D eigenvalue weighted by molar-refractivity contribution is 6.33. The van der Waals surface area contributed by atoms with Crippen LogP contribution in [0, 0.1) is 0 Å². The zero-order valence-corrected chi connectivity index (χ0v) is 14.6. The molecule has 26 heavy (non-hydrogen) atoms. The number of pyridine rings is 1. The highest BCUT2D eigenvalue weighted by atomic mass is 35.5. The third-order valence-corrected chi connectivity index (χ3v) is 4.56. The van der Waals surface area contributed by atoms with Gasteiger partial charge in [-0.3, -0.25) is 9.78 Å².